The maximum absolute atomic E-state index is 12.9. The zero-order valence-corrected chi connectivity index (χ0v) is 45.8. The van der Waals surface area contributed by atoms with Crippen LogP contribution in [0.2, 0.25) is 0 Å². The molecule has 8 nitrogen and oxygen atoms in total. The fourth-order valence-electron chi connectivity index (χ4n) is 8.92. The Balaban J connectivity index is 3.82. The van der Waals surface area contributed by atoms with E-state index >= 15 is 0 Å². The first-order chi connectivity index (χ1) is 32.0. The van der Waals surface area contributed by atoms with E-state index in [4.69, 9.17) is 9.05 Å². The van der Waals surface area contributed by atoms with Crippen molar-refractivity contribution in [3.63, 3.8) is 0 Å². The third-order valence-electron chi connectivity index (χ3n) is 13.5. The molecule has 0 aliphatic heterocycles. The highest BCUT2D eigenvalue weighted by Crippen LogP contribution is 2.38. The van der Waals surface area contributed by atoms with E-state index < -0.39 is 20.0 Å². The van der Waals surface area contributed by atoms with Gasteiger partial charge in [0.05, 0.1) is 39.9 Å². The van der Waals surface area contributed by atoms with Gasteiger partial charge < -0.3 is 28.8 Å². The third-order valence-corrected chi connectivity index (χ3v) is 14.5. The zero-order chi connectivity index (χ0) is 48.5. The van der Waals surface area contributed by atoms with Gasteiger partial charge in [-0.3, -0.25) is 9.36 Å². The van der Waals surface area contributed by atoms with Crippen LogP contribution in [0.5, 0.6) is 0 Å². The van der Waals surface area contributed by atoms with Gasteiger partial charge >= 0.3 is 0 Å². The molecule has 2 N–H and O–H groups in total. The number of hydrogen-bond acceptors (Lipinski definition) is 6. The molecule has 0 aromatic heterocycles. The molecular formula is C57H115N2O6P. The van der Waals surface area contributed by atoms with Crippen LogP contribution in [0.25, 0.3) is 0 Å². The van der Waals surface area contributed by atoms with Gasteiger partial charge in [0.1, 0.15) is 13.2 Å². The number of amides is 1. The Bertz CT molecular complexity index is 1080. The molecule has 0 heterocycles. The van der Waals surface area contributed by atoms with Crippen LogP contribution >= 0.6 is 7.82 Å². The molecule has 0 saturated heterocycles. The molecule has 1 amide bonds. The van der Waals surface area contributed by atoms with Crippen LogP contribution in [0, 0.1) is 0 Å². The van der Waals surface area contributed by atoms with Gasteiger partial charge in [0.25, 0.3) is 7.82 Å². The number of carbonyl (C=O) groups excluding carboxylic acids is 1. The Morgan fingerprint density at radius 3 is 1.14 bits per heavy atom. The maximum atomic E-state index is 12.9. The second kappa shape index (κ2) is 49.2. The van der Waals surface area contributed by atoms with Gasteiger partial charge in [-0.05, 0) is 19.3 Å². The second-order valence-corrected chi connectivity index (χ2v) is 22.8. The van der Waals surface area contributed by atoms with Crippen LogP contribution in [-0.2, 0) is 18.4 Å². The predicted molar refractivity (Wildman–Crippen MR) is 284 cm³/mol. The highest BCUT2D eigenvalue weighted by Gasteiger charge is 2.23. The fourth-order valence-corrected chi connectivity index (χ4v) is 9.64. The fraction of sp³-hybridized carbons (Fsp3) is 0.947. The van der Waals surface area contributed by atoms with E-state index in [2.05, 4.69) is 19.2 Å². The Labute approximate surface area is 412 Å². The lowest BCUT2D eigenvalue weighted by molar-refractivity contribution is -0.870. The Morgan fingerprint density at radius 1 is 0.515 bits per heavy atom. The van der Waals surface area contributed by atoms with Crippen LogP contribution < -0.4 is 10.2 Å². The van der Waals surface area contributed by atoms with Crippen LogP contribution in [0.15, 0.2) is 12.2 Å². The van der Waals surface area contributed by atoms with E-state index in [-0.39, 0.29) is 19.1 Å². The van der Waals surface area contributed by atoms with Crippen molar-refractivity contribution in [2.75, 3.05) is 40.9 Å². The molecule has 394 valence electrons. The lowest BCUT2D eigenvalue weighted by atomic mass is 10.0. The number of aliphatic hydroxyl groups is 1. The van der Waals surface area contributed by atoms with Crippen molar-refractivity contribution >= 4 is 13.7 Å². The summed E-state index contributed by atoms with van der Waals surface area (Å²) in [4.78, 5) is 25.3. The molecular weight excluding hydrogens is 840 g/mol. The molecule has 1 unspecified atom stereocenters. The Morgan fingerprint density at radius 2 is 0.818 bits per heavy atom. The van der Waals surface area contributed by atoms with Gasteiger partial charge in [-0.25, -0.2) is 0 Å². The molecule has 66 heavy (non-hydrogen) atoms. The van der Waals surface area contributed by atoms with E-state index in [1.54, 1.807) is 6.08 Å². The molecule has 0 fully saturated rings. The number of phosphoric acid groups is 1. The molecule has 0 spiro atoms. The number of nitrogens with one attached hydrogen (secondary N) is 1. The number of aliphatic hydroxyl groups excluding tert-OH is 1. The smallest absolute Gasteiger partial charge is 0.268 e. The quantitative estimate of drug-likeness (QED) is 0.0272. The predicted octanol–water partition coefficient (Wildman–Crippen LogP) is 16.8. The molecule has 0 aromatic carbocycles. The Hall–Kier alpha value is -0.760. The van der Waals surface area contributed by atoms with Crippen LogP contribution in [-0.4, -0.2) is 68.5 Å². The minimum absolute atomic E-state index is 0.00194. The van der Waals surface area contributed by atoms with Crippen molar-refractivity contribution in [1.82, 2.24) is 5.32 Å². The molecule has 0 aromatic rings. The monoisotopic (exact) mass is 955 g/mol. The van der Waals surface area contributed by atoms with E-state index in [0.717, 1.165) is 38.5 Å². The summed E-state index contributed by atoms with van der Waals surface area (Å²) in [6.07, 6.45) is 60.5. The summed E-state index contributed by atoms with van der Waals surface area (Å²) in [6, 6.07) is -0.880. The molecule has 0 bridgehead atoms. The van der Waals surface area contributed by atoms with Gasteiger partial charge in [0, 0.05) is 6.42 Å². The number of phosphoric ester groups is 1. The number of carbonyl (C=O) groups is 1. The van der Waals surface area contributed by atoms with Crippen molar-refractivity contribution in [2.45, 2.75) is 309 Å². The number of likely N-dealkylation sites (N-methyl/N-ethyl adjacent to an activating group) is 1. The first-order valence-electron chi connectivity index (χ1n) is 29.1. The summed E-state index contributed by atoms with van der Waals surface area (Å²) in [6.45, 7) is 4.65. The zero-order valence-electron chi connectivity index (χ0n) is 44.9. The maximum Gasteiger partial charge on any atom is 0.268 e. The molecule has 0 rings (SSSR count). The highest BCUT2D eigenvalue weighted by atomic mass is 31.2. The van der Waals surface area contributed by atoms with E-state index in [9.17, 15) is 19.4 Å². The first kappa shape index (κ1) is 65.2. The second-order valence-electron chi connectivity index (χ2n) is 21.4. The largest absolute Gasteiger partial charge is 0.756 e. The van der Waals surface area contributed by atoms with Crippen molar-refractivity contribution < 1.29 is 32.9 Å². The van der Waals surface area contributed by atoms with Crippen LogP contribution in [0.3, 0.4) is 0 Å². The number of quaternary nitrogens is 1. The molecule has 0 saturated carbocycles. The summed E-state index contributed by atoms with van der Waals surface area (Å²) in [7, 11) is 1.27. The molecule has 9 heteroatoms. The molecule has 3 atom stereocenters. The highest BCUT2D eigenvalue weighted by molar-refractivity contribution is 7.45. The van der Waals surface area contributed by atoms with Crippen molar-refractivity contribution in [2.24, 2.45) is 0 Å². The van der Waals surface area contributed by atoms with E-state index in [0.29, 0.717) is 17.4 Å². The van der Waals surface area contributed by atoms with Gasteiger partial charge in [0.15, 0.2) is 0 Å². The van der Waals surface area contributed by atoms with E-state index in [1.807, 2.05) is 27.2 Å². The van der Waals surface area contributed by atoms with Crippen molar-refractivity contribution in [3.05, 3.63) is 12.2 Å². The first-order valence-corrected chi connectivity index (χ1v) is 30.5. The normalized spacial score (nSPS) is 14.0. The average molecular weight is 956 g/mol. The lowest BCUT2D eigenvalue weighted by Crippen LogP contribution is -2.45. The van der Waals surface area contributed by atoms with E-state index in [1.165, 1.54) is 238 Å². The molecule has 0 radical (unpaired) electrons. The minimum atomic E-state index is -4.58. The summed E-state index contributed by atoms with van der Waals surface area (Å²) in [5.74, 6) is -0.194. The minimum Gasteiger partial charge on any atom is -0.756 e. The molecule has 0 aliphatic carbocycles. The summed E-state index contributed by atoms with van der Waals surface area (Å²) in [5, 5.41) is 13.8. The van der Waals surface area contributed by atoms with Crippen molar-refractivity contribution in [1.29, 1.82) is 0 Å². The topological polar surface area (TPSA) is 108 Å². The third kappa shape index (κ3) is 51.1. The van der Waals surface area contributed by atoms with Crippen molar-refractivity contribution in [3.8, 4) is 0 Å². The molecule has 0 aliphatic rings. The number of nitrogens with zero attached hydrogens (tertiary/aromatic N) is 1. The van der Waals surface area contributed by atoms with Gasteiger partial charge in [-0.2, -0.15) is 0 Å². The number of hydrogen-bond donors (Lipinski definition) is 2. The van der Waals surface area contributed by atoms with Crippen LogP contribution in [0.1, 0.15) is 296 Å². The summed E-state index contributed by atoms with van der Waals surface area (Å²) < 4.78 is 23.2. The summed E-state index contributed by atoms with van der Waals surface area (Å²) in [5.41, 5.74) is 0. The van der Waals surface area contributed by atoms with Gasteiger partial charge in [0.2, 0.25) is 5.91 Å². The SMILES string of the molecule is CCCCCCCCC/C=C/[C@@H](O)[C@H](COP(=O)([O-])OCC[N+](C)(C)C)NC(=O)CCCCCCCCCCCCCCCCCCCCCCCCCCCCCCCCCCCCC. The standard InChI is InChI=1S/C57H115N2O6P/c1-6-8-10-12-14-16-17-18-19-20-21-22-23-24-25-26-27-28-29-30-31-32-33-34-35-36-37-38-39-40-41-43-45-47-49-51-57(61)58-55(54-65-66(62,63)64-53-52-59(3,4)5)56(60)50-48-46-44-42-15-13-11-9-7-2/h48,50,55-56,60H,6-47,49,51-54H2,1-5H3,(H-,58,61,62,63)/b50-48+/t55-,56+/m0/s1. The van der Waals surface area contributed by atoms with Crippen LogP contribution in [0.4, 0.5) is 0 Å². The number of rotatable bonds is 54. The van der Waals surface area contributed by atoms with Gasteiger partial charge in [-0.15, -0.1) is 0 Å². The summed E-state index contributed by atoms with van der Waals surface area (Å²) >= 11 is 0. The lowest BCUT2D eigenvalue weighted by Gasteiger charge is -2.29. The average Bonchev–Trinajstić information content (AvgIpc) is 3.28. The van der Waals surface area contributed by atoms with Gasteiger partial charge in [-0.1, -0.05) is 283 Å². The Kier molecular flexibility index (Phi) is 48.7. The number of unbranched alkanes of at least 4 members (excludes halogenated alkanes) is 41. The number of allylic oxidation sites excluding steroid dienone is 1.